The number of alkyl halides is 12. The summed E-state index contributed by atoms with van der Waals surface area (Å²) in [4.78, 5) is 57.2. The number of hydrogen-bond acceptors (Lipinski definition) is 11. The molecule has 0 aromatic heterocycles. The summed E-state index contributed by atoms with van der Waals surface area (Å²) in [6.45, 7) is 2.76. The van der Waals surface area contributed by atoms with Gasteiger partial charge in [0.15, 0.2) is 6.10 Å². The van der Waals surface area contributed by atoms with Crippen LogP contribution in [-0.2, 0) is 52.4 Å². The summed E-state index contributed by atoms with van der Waals surface area (Å²) >= 11 is 0. The molecular weight excluding hydrogens is 632 g/mol. The van der Waals surface area contributed by atoms with Crippen LogP contribution in [0.15, 0.2) is 12.2 Å². The number of ether oxygens (including phenoxy) is 6. The molecule has 11 nitrogen and oxygen atoms in total. The van der Waals surface area contributed by atoms with Crippen molar-refractivity contribution in [3.8, 4) is 0 Å². The molecule has 0 rings (SSSR count). The average molecular weight is 648 g/mol. The zero-order chi connectivity index (χ0) is 33.4. The standard InChI is InChI=1S/C19H16F12O11/c1-6(2)10(32)38-5-4-7(39-12(33)16(20,21)22)8(40-13(34)17(23,24)25)9(41-14(35)18(26,27)28)11(37-3)42-15(36)19(29,30)31/h7-9,11H,1,4-5H2,2-3H3. The number of carbonyl (C=O) groups is 5. The maximum absolute atomic E-state index is 12.9. The lowest BCUT2D eigenvalue weighted by molar-refractivity contribution is -0.271. The zero-order valence-electron chi connectivity index (χ0n) is 20.5. The largest absolute Gasteiger partial charge is 0.491 e. The molecule has 0 fully saturated rings. The minimum Gasteiger partial charge on any atom is -0.462 e. The van der Waals surface area contributed by atoms with Crippen LogP contribution in [0.4, 0.5) is 52.7 Å². The molecule has 0 N–H and O–H groups in total. The first-order valence-electron chi connectivity index (χ1n) is 10.2. The van der Waals surface area contributed by atoms with E-state index in [0.717, 1.165) is 6.92 Å². The molecule has 0 saturated heterocycles. The van der Waals surface area contributed by atoms with Crippen LogP contribution in [-0.4, -0.2) is 92.9 Å². The van der Waals surface area contributed by atoms with Crippen LogP contribution < -0.4 is 0 Å². The zero-order valence-corrected chi connectivity index (χ0v) is 20.5. The molecule has 0 aromatic rings. The smallest absolute Gasteiger partial charge is 0.462 e. The van der Waals surface area contributed by atoms with E-state index < -0.39 is 97.8 Å². The van der Waals surface area contributed by atoms with Crippen molar-refractivity contribution in [2.24, 2.45) is 0 Å². The molecule has 0 amide bonds. The molecule has 4 atom stereocenters. The molecule has 0 heterocycles. The molecule has 0 aliphatic carbocycles. The minimum absolute atomic E-state index is 0.177. The van der Waals surface area contributed by atoms with Crippen LogP contribution in [0.25, 0.3) is 0 Å². The van der Waals surface area contributed by atoms with Crippen molar-refractivity contribution in [1.82, 2.24) is 0 Å². The number of methoxy groups -OCH3 is 1. The average Bonchev–Trinajstić information content (AvgIpc) is 2.80. The van der Waals surface area contributed by atoms with Crippen LogP contribution in [0.2, 0.25) is 0 Å². The second kappa shape index (κ2) is 14.4. The SMILES string of the molecule is C=C(C)C(=O)OCCC(OC(=O)C(F)(F)F)C(OC(=O)C(F)(F)F)C(OC(=O)C(F)(F)F)C(OC)OC(=O)C(F)(F)F. The van der Waals surface area contributed by atoms with Gasteiger partial charge in [0.2, 0.25) is 12.4 Å². The fourth-order valence-electron chi connectivity index (χ4n) is 2.32. The number of halogens is 12. The highest BCUT2D eigenvalue weighted by atomic mass is 19.4. The van der Waals surface area contributed by atoms with E-state index >= 15 is 0 Å². The van der Waals surface area contributed by atoms with Gasteiger partial charge in [-0.05, 0) is 6.92 Å². The van der Waals surface area contributed by atoms with Crippen molar-refractivity contribution in [3.63, 3.8) is 0 Å². The van der Waals surface area contributed by atoms with Crippen molar-refractivity contribution in [2.45, 2.75) is 62.7 Å². The number of rotatable bonds is 12. The summed E-state index contributed by atoms with van der Waals surface area (Å²) in [5.74, 6) is -15.1. The highest BCUT2D eigenvalue weighted by Crippen LogP contribution is 2.30. The van der Waals surface area contributed by atoms with Crippen LogP contribution in [0.3, 0.4) is 0 Å². The maximum Gasteiger partial charge on any atom is 0.491 e. The lowest BCUT2D eigenvalue weighted by atomic mass is 10.0. The van der Waals surface area contributed by atoms with E-state index in [0.29, 0.717) is 0 Å². The van der Waals surface area contributed by atoms with Gasteiger partial charge >= 0.3 is 54.6 Å². The first-order chi connectivity index (χ1) is 18.7. The molecule has 4 unspecified atom stereocenters. The van der Waals surface area contributed by atoms with E-state index in [1.54, 1.807) is 0 Å². The molecule has 0 spiro atoms. The van der Waals surface area contributed by atoms with Crippen molar-refractivity contribution in [1.29, 1.82) is 0 Å². The first kappa shape index (κ1) is 38.2. The van der Waals surface area contributed by atoms with Gasteiger partial charge in [0.05, 0.1) is 6.61 Å². The lowest BCUT2D eigenvalue weighted by Crippen LogP contribution is -2.55. The molecular formula is C19H16F12O11. The maximum atomic E-state index is 12.9. The Hall–Kier alpha value is -3.79. The predicted octanol–water partition coefficient (Wildman–Crippen LogP) is 3.00. The van der Waals surface area contributed by atoms with E-state index in [9.17, 15) is 76.7 Å². The Morgan fingerprint density at radius 1 is 0.619 bits per heavy atom. The third-order valence-electron chi connectivity index (χ3n) is 4.07. The van der Waals surface area contributed by atoms with E-state index in [1.807, 2.05) is 0 Å². The molecule has 242 valence electrons. The molecule has 42 heavy (non-hydrogen) atoms. The fraction of sp³-hybridized carbons (Fsp3) is 0.632. The summed E-state index contributed by atoms with van der Waals surface area (Å²) in [7, 11) is 0.177. The Bertz CT molecular complexity index is 1010. The molecule has 0 radical (unpaired) electrons. The summed E-state index contributed by atoms with van der Waals surface area (Å²) in [5, 5.41) is 0. The molecule has 0 saturated carbocycles. The molecule has 0 aromatic carbocycles. The Morgan fingerprint density at radius 3 is 1.33 bits per heavy atom. The normalized spacial score (nSPS) is 15.4. The molecule has 0 bridgehead atoms. The van der Waals surface area contributed by atoms with Crippen molar-refractivity contribution in [2.75, 3.05) is 13.7 Å². The van der Waals surface area contributed by atoms with Crippen molar-refractivity contribution in [3.05, 3.63) is 12.2 Å². The monoisotopic (exact) mass is 648 g/mol. The van der Waals surface area contributed by atoms with Crippen molar-refractivity contribution >= 4 is 29.8 Å². The van der Waals surface area contributed by atoms with Crippen LogP contribution in [0.1, 0.15) is 13.3 Å². The summed E-state index contributed by atoms with van der Waals surface area (Å²) in [5.41, 5.74) is -0.408. The fourth-order valence-corrected chi connectivity index (χ4v) is 2.32. The Balaban J connectivity index is 7.12. The summed E-state index contributed by atoms with van der Waals surface area (Å²) < 4.78 is 178. The topological polar surface area (TPSA) is 141 Å². The van der Waals surface area contributed by atoms with E-state index in [-0.39, 0.29) is 7.11 Å². The lowest BCUT2D eigenvalue weighted by Gasteiger charge is -2.35. The van der Waals surface area contributed by atoms with E-state index in [1.165, 1.54) is 0 Å². The third-order valence-corrected chi connectivity index (χ3v) is 4.07. The number of esters is 5. The van der Waals surface area contributed by atoms with E-state index in [2.05, 4.69) is 35.0 Å². The number of hydrogen-bond donors (Lipinski definition) is 0. The Labute approximate surface area is 224 Å². The highest BCUT2D eigenvalue weighted by molar-refractivity contribution is 5.86. The van der Waals surface area contributed by atoms with Crippen LogP contribution in [0, 0.1) is 0 Å². The Kier molecular flexibility index (Phi) is 13.1. The van der Waals surface area contributed by atoms with Crippen molar-refractivity contribution < 1.29 is 105 Å². The second-order valence-electron chi connectivity index (χ2n) is 7.39. The molecule has 0 aliphatic heterocycles. The van der Waals surface area contributed by atoms with Crippen LogP contribution in [0.5, 0.6) is 0 Å². The van der Waals surface area contributed by atoms with Gasteiger partial charge in [0.1, 0.15) is 6.10 Å². The van der Waals surface area contributed by atoms with Gasteiger partial charge in [-0.3, -0.25) is 0 Å². The first-order valence-corrected chi connectivity index (χ1v) is 10.2. The van der Waals surface area contributed by atoms with Gasteiger partial charge in [-0.25, -0.2) is 24.0 Å². The quantitative estimate of drug-likeness (QED) is 0.101. The Morgan fingerprint density at radius 2 is 0.976 bits per heavy atom. The van der Waals surface area contributed by atoms with Gasteiger partial charge in [-0.2, -0.15) is 52.7 Å². The summed E-state index contributed by atoms with van der Waals surface area (Å²) in [6, 6.07) is 0. The van der Waals surface area contributed by atoms with Gasteiger partial charge in [-0.1, -0.05) is 6.58 Å². The predicted molar refractivity (Wildman–Crippen MR) is 101 cm³/mol. The summed E-state index contributed by atoms with van der Waals surface area (Å²) in [6.07, 6.45) is -39.9. The highest BCUT2D eigenvalue weighted by Gasteiger charge is 2.55. The van der Waals surface area contributed by atoms with E-state index in [4.69, 9.17) is 0 Å². The molecule has 23 heteroatoms. The minimum atomic E-state index is -6.16. The third kappa shape index (κ3) is 12.4. The van der Waals surface area contributed by atoms with Crippen LogP contribution >= 0.6 is 0 Å². The number of carbonyl (C=O) groups excluding carboxylic acids is 5. The molecule has 0 aliphatic rings. The second-order valence-corrected chi connectivity index (χ2v) is 7.39. The van der Waals surface area contributed by atoms with Gasteiger partial charge < -0.3 is 28.4 Å². The van der Waals surface area contributed by atoms with Gasteiger partial charge in [-0.15, -0.1) is 0 Å². The van der Waals surface area contributed by atoms with Gasteiger partial charge in [0, 0.05) is 19.1 Å². The van der Waals surface area contributed by atoms with Gasteiger partial charge in [0.25, 0.3) is 0 Å².